The van der Waals surface area contributed by atoms with Crippen molar-refractivity contribution in [3.05, 3.63) is 39.8 Å². The number of hydrogen-bond donors (Lipinski definition) is 1. The lowest BCUT2D eigenvalue weighted by Crippen LogP contribution is -2.30. The van der Waals surface area contributed by atoms with E-state index in [1.165, 1.54) is 0 Å². The second-order valence-electron chi connectivity index (χ2n) is 3.93. The standard InChI is InChI=1S/C14H24N2O/c1-4-10-16(11-5-2)12-8-7-9-13(15)14(17)6-3/h4-5,10-11,13H,1-2,6-9,12,15H2,3H3. The highest BCUT2D eigenvalue weighted by molar-refractivity contribution is 5.83. The minimum atomic E-state index is -0.291. The maximum absolute atomic E-state index is 11.3. The van der Waals surface area contributed by atoms with Gasteiger partial charge < -0.3 is 5.73 Å². The Morgan fingerprint density at radius 2 is 1.88 bits per heavy atom. The van der Waals surface area contributed by atoms with E-state index in [0.29, 0.717) is 6.42 Å². The molecule has 0 spiro atoms. The molecule has 0 aromatic rings. The van der Waals surface area contributed by atoms with Crippen molar-refractivity contribution < 1.29 is 4.79 Å². The van der Waals surface area contributed by atoms with E-state index in [1.54, 1.807) is 12.8 Å². The average Bonchev–Trinajstić information content (AvgIpc) is 2.33. The zero-order valence-electron chi connectivity index (χ0n) is 10.8. The van der Waals surface area contributed by atoms with E-state index in [-0.39, 0.29) is 11.8 Å². The molecule has 0 saturated heterocycles. The SMILES string of the molecule is [CH2][CH][CH]N([CH][CH][CH2])CCCCC(N)C(=O)CC. The Bertz CT molecular complexity index is 189. The van der Waals surface area contributed by atoms with Crippen LogP contribution < -0.4 is 5.73 Å². The second kappa shape index (κ2) is 10.7. The first-order chi connectivity index (χ1) is 8.15. The monoisotopic (exact) mass is 236 g/mol. The van der Waals surface area contributed by atoms with Crippen molar-refractivity contribution in [2.75, 3.05) is 6.54 Å². The Balaban J connectivity index is 3.63. The van der Waals surface area contributed by atoms with Gasteiger partial charge in [-0.3, -0.25) is 9.69 Å². The molecule has 0 aliphatic rings. The molecule has 0 amide bonds. The van der Waals surface area contributed by atoms with Gasteiger partial charge in [0.15, 0.2) is 0 Å². The molecule has 1 atom stereocenters. The molecule has 6 radical (unpaired) electrons. The quantitative estimate of drug-likeness (QED) is 0.559. The first kappa shape index (κ1) is 16.6. The van der Waals surface area contributed by atoms with Crippen LogP contribution in [0.2, 0.25) is 0 Å². The summed E-state index contributed by atoms with van der Waals surface area (Å²) in [5, 5.41) is 0. The van der Waals surface area contributed by atoms with E-state index in [9.17, 15) is 4.79 Å². The van der Waals surface area contributed by atoms with E-state index in [1.807, 2.05) is 24.9 Å². The van der Waals surface area contributed by atoms with Crippen LogP contribution in [-0.2, 0) is 4.79 Å². The zero-order valence-corrected chi connectivity index (χ0v) is 10.8. The lowest BCUT2D eigenvalue weighted by atomic mass is 10.0. The van der Waals surface area contributed by atoms with Crippen LogP contribution in [0.15, 0.2) is 0 Å². The van der Waals surface area contributed by atoms with Gasteiger partial charge in [-0.2, -0.15) is 0 Å². The highest BCUT2D eigenvalue weighted by Gasteiger charge is 2.10. The maximum atomic E-state index is 11.3. The van der Waals surface area contributed by atoms with Crippen molar-refractivity contribution in [3.63, 3.8) is 0 Å². The molecule has 3 heteroatoms. The fraction of sp³-hybridized carbons (Fsp3) is 0.500. The van der Waals surface area contributed by atoms with E-state index in [2.05, 4.69) is 13.8 Å². The van der Waals surface area contributed by atoms with Crippen LogP contribution in [0.4, 0.5) is 0 Å². The molecule has 0 aromatic heterocycles. The van der Waals surface area contributed by atoms with Gasteiger partial charge in [0, 0.05) is 19.5 Å². The molecule has 0 aromatic carbocycles. The summed E-state index contributed by atoms with van der Waals surface area (Å²) in [4.78, 5) is 13.3. The van der Waals surface area contributed by atoms with Gasteiger partial charge in [-0.1, -0.05) is 13.3 Å². The van der Waals surface area contributed by atoms with Crippen molar-refractivity contribution >= 4 is 5.78 Å². The number of nitrogens with zero attached hydrogens (tertiary/aromatic N) is 1. The molecule has 0 rings (SSSR count). The summed E-state index contributed by atoms with van der Waals surface area (Å²) in [6.45, 7) is 13.9. The Kier molecular flexibility index (Phi) is 10.5. The van der Waals surface area contributed by atoms with Crippen LogP contribution in [0, 0.1) is 39.8 Å². The van der Waals surface area contributed by atoms with E-state index >= 15 is 0 Å². The van der Waals surface area contributed by atoms with E-state index in [4.69, 9.17) is 5.73 Å². The molecule has 1 unspecified atom stereocenters. The fourth-order valence-electron chi connectivity index (χ4n) is 1.55. The van der Waals surface area contributed by atoms with Crippen LogP contribution in [0.3, 0.4) is 0 Å². The summed E-state index contributed by atoms with van der Waals surface area (Å²) in [7, 11) is 0. The van der Waals surface area contributed by atoms with E-state index < -0.39 is 0 Å². The van der Waals surface area contributed by atoms with Gasteiger partial charge in [0.05, 0.1) is 6.04 Å². The number of Topliss-reactive ketones (excluding diaryl/α,β-unsaturated/α-hetero) is 1. The van der Waals surface area contributed by atoms with Crippen molar-refractivity contribution in [2.24, 2.45) is 5.73 Å². The van der Waals surface area contributed by atoms with Crippen LogP contribution in [0.5, 0.6) is 0 Å². The van der Waals surface area contributed by atoms with Crippen molar-refractivity contribution in [1.29, 1.82) is 0 Å². The largest absolute Gasteiger partial charge is 0.322 e. The third kappa shape index (κ3) is 8.33. The van der Waals surface area contributed by atoms with Crippen LogP contribution in [0.1, 0.15) is 32.6 Å². The third-order valence-electron chi connectivity index (χ3n) is 2.54. The Labute approximate surface area is 107 Å². The second-order valence-corrected chi connectivity index (χ2v) is 3.93. The summed E-state index contributed by atoms with van der Waals surface area (Å²) in [5.74, 6) is 0.150. The van der Waals surface area contributed by atoms with Crippen molar-refractivity contribution in [3.8, 4) is 0 Å². The molecule has 0 heterocycles. The average molecular weight is 236 g/mol. The number of rotatable bonds is 11. The molecule has 0 saturated carbocycles. The summed E-state index contributed by atoms with van der Waals surface area (Å²) in [5.41, 5.74) is 5.75. The summed E-state index contributed by atoms with van der Waals surface area (Å²) >= 11 is 0. The van der Waals surface area contributed by atoms with Gasteiger partial charge in [-0.25, -0.2) is 0 Å². The minimum Gasteiger partial charge on any atom is -0.322 e. The summed E-state index contributed by atoms with van der Waals surface area (Å²) in [6, 6.07) is -0.291. The van der Waals surface area contributed by atoms with Gasteiger partial charge in [0.25, 0.3) is 0 Å². The predicted octanol–water partition coefficient (Wildman–Crippen LogP) is 2.17. The van der Waals surface area contributed by atoms with Crippen molar-refractivity contribution in [2.45, 2.75) is 38.6 Å². The molecule has 96 valence electrons. The Hall–Kier alpha value is -0.410. The highest BCUT2D eigenvalue weighted by Crippen LogP contribution is 2.07. The van der Waals surface area contributed by atoms with Gasteiger partial charge in [-0.15, -0.1) is 0 Å². The normalized spacial score (nSPS) is 13.0. The maximum Gasteiger partial charge on any atom is 0.149 e. The first-order valence-corrected chi connectivity index (χ1v) is 6.11. The highest BCUT2D eigenvalue weighted by atomic mass is 16.1. The van der Waals surface area contributed by atoms with Gasteiger partial charge in [0.1, 0.15) is 5.78 Å². The zero-order chi connectivity index (χ0) is 13.1. The topological polar surface area (TPSA) is 46.3 Å². The Morgan fingerprint density at radius 3 is 2.35 bits per heavy atom. The molecular formula is C14H24N2O. The lowest BCUT2D eigenvalue weighted by Gasteiger charge is -2.19. The van der Waals surface area contributed by atoms with Crippen LogP contribution >= 0.6 is 0 Å². The molecule has 17 heavy (non-hydrogen) atoms. The smallest absolute Gasteiger partial charge is 0.149 e. The van der Waals surface area contributed by atoms with Gasteiger partial charge in [0.2, 0.25) is 0 Å². The summed E-state index contributed by atoms with van der Waals surface area (Å²) in [6.07, 6.45) is 6.74. The Morgan fingerprint density at radius 1 is 1.29 bits per heavy atom. The van der Waals surface area contributed by atoms with Crippen molar-refractivity contribution in [1.82, 2.24) is 4.90 Å². The number of carbonyl (C=O) groups is 1. The molecule has 3 nitrogen and oxygen atoms in total. The molecule has 0 bridgehead atoms. The fourth-order valence-corrected chi connectivity index (χ4v) is 1.55. The number of nitrogens with two attached hydrogens (primary N) is 1. The van der Waals surface area contributed by atoms with E-state index in [0.717, 1.165) is 25.8 Å². The van der Waals surface area contributed by atoms with Gasteiger partial charge in [-0.05, 0) is 46.1 Å². The van der Waals surface area contributed by atoms with Gasteiger partial charge >= 0.3 is 0 Å². The molecule has 0 aliphatic carbocycles. The third-order valence-corrected chi connectivity index (χ3v) is 2.54. The lowest BCUT2D eigenvalue weighted by molar-refractivity contribution is -0.120. The first-order valence-electron chi connectivity index (χ1n) is 6.11. The number of unbranched alkanes of at least 4 members (excludes halogenated alkanes) is 1. The van der Waals surface area contributed by atoms with Crippen LogP contribution in [-0.4, -0.2) is 23.3 Å². The number of hydrogen-bond acceptors (Lipinski definition) is 3. The number of ketones is 1. The van der Waals surface area contributed by atoms with Crippen LogP contribution in [0.25, 0.3) is 0 Å². The predicted molar refractivity (Wildman–Crippen MR) is 71.7 cm³/mol. The molecule has 2 N–H and O–H groups in total. The summed E-state index contributed by atoms with van der Waals surface area (Å²) < 4.78 is 0. The number of carbonyl (C=O) groups excluding carboxylic acids is 1. The molecule has 0 fully saturated rings. The molecular weight excluding hydrogens is 212 g/mol. The molecule has 0 aliphatic heterocycles. The minimum absolute atomic E-state index is 0.150.